The van der Waals surface area contributed by atoms with E-state index in [1.165, 1.54) is 19.1 Å². The van der Waals surface area contributed by atoms with Crippen LogP contribution >= 0.6 is 0 Å². The van der Waals surface area contributed by atoms with Gasteiger partial charge in [-0.1, -0.05) is 0 Å². The number of aliphatic hydroxyl groups is 2. The molecule has 4 nitrogen and oxygen atoms in total. The molecule has 15 heavy (non-hydrogen) atoms. The van der Waals surface area contributed by atoms with Crippen LogP contribution < -0.4 is 5.32 Å². The fraction of sp³-hybridized carbons (Fsp3) is 0.400. The van der Waals surface area contributed by atoms with Crippen molar-refractivity contribution in [2.45, 2.75) is 13.0 Å². The molecule has 0 radical (unpaired) electrons. The molecule has 84 valence electrons. The van der Waals surface area contributed by atoms with Crippen molar-refractivity contribution in [1.82, 2.24) is 0 Å². The number of phenols is 1. The Morgan fingerprint density at radius 1 is 1.47 bits per heavy atom. The van der Waals surface area contributed by atoms with E-state index in [0.29, 0.717) is 5.69 Å². The Morgan fingerprint density at radius 2 is 2.13 bits per heavy atom. The second kappa shape index (κ2) is 4.95. The highest BCUT2D eigenvalue weighted by Gasteiger charge is 2.09. The molecule has 4 N–H and O–H groups in total. The zero-order chi connectivity index (χ0) is 11.4. The van der Waals surface area contributed by atoms with E-state index < -0.39 is 11.9 Å². The lowest BCUT2D eigenvalue weighted by Crippen LogP contribution is -2.23. The maximum absolute atomic E-state index is 12.9. The maximum Gasteiger partial charge on any atom is 0.144 e. The second-order valence-electron chi connectivity index (χ2n) is 3.29. The molecule has 1 rings (SSSR count). The van der Waals surface area contributed by atoms with Crippen molar-refractivity contribution >= 4 is 5.69 Å². The zero-order valence-corrected chi connectivity index (χ0v) is 8.37. The number of nitrogens with one attached hydrogen (secondary N) is 1. The molecule has 5 heteroatoms. The van der Waals surface area contributed by atoms with Crippen molar-refractivity contribution in [2.24, 2.45) is 0 Å². The van der Waals surface area contributed by atoms with Crippen LogP contribution in [-0.4, -0.2) is 34.6 Å². The highest BCUT2D eigenvalue weighted by Crippen LogP contribution is 2.28. The van der Waals surface area contributed by atoms with Gasteiger partial charge in [0.25, 0.3) is 0 Å². The molecule has 1 unspecified atom stereocenters. The summed E-state index contributed by atoms with van der Waals surface area (Å²) in [6.07, 6.45) is -0.908. The van der Waals surface area contributed by atoms with Crippen LogP contribution in [0.15, 0.2) is 12.1 Å². The van der Waals surface area contributed by atoms with Gasteiger partial charge in [-0.3, -0.25) is 0 Å². The third-order valence-electron chi connectivity index (χ3n) is 2.10. The molecule has 0 heterocycles. The molecule has 1 aromatic rings. The first-order valence-electron chi connectivity index (χ1n) is 4.57. The zero-order valence-electron chi connectivity index (χ0n) is 8.37. The number of hydrogen-bond donors (Lipinski definition) is 4. The van der Waals surface area contributed by atoms with Crippen LogP contribution in [0.4, 0.5) is 10.1 Å². The van der Waals surface area contributed by atoms with E-state index in [4.69, 9.17) is 10.2 Å². The lowest BCUT2D eigenvalue weighted by molar-refractivity contribution is 0.105. The van der Waals surface area contributed by atoms with E-state index >= 15 is 0 Å². The van der Waals surface area contributed by atoms with Crippen molar-refractivity contribution in [3.05, 3.63) is 23.5 Å². The molecular weight excluding hydrogens is 201 g/mol. The van der Waals surface area contributed by atoms with Crippen LogP contribution in [0.5, 0.6) is 5.75 Å². The summed E-state index contributed by atoms with van der Waals surface area (Å²) in [6.45, 7) is 1.18. The summed E-state index contributed by atoms with van der Waals surface area (Å²) in [5, 5.41) is 29.9. The van der Waals surface area contributed by atoms with Crippen LogP contribution in [0, 0.1) is 12.7 Å². The van der Waals surface area contributed by atoms with Crippen LogP contribution in [0.25, 0.3) is 0 Å². The van der Waals surface area contributed by atoms with Crippen molar-refractivity contribution < 1.29 is 19.7 Å². The standard InChI is InChI=1S/C10H14FNO3/c1-6-8(11)2-3-9(10(6)15)12-4-7(14)5-13/h2-3,7,12-15H,4-5H2,1H3. The van der Waals surface area contributed by atoms with Crippen molar-refractivity contribution in [2.75, 3.05) is 18.5 Å². The Labute approximate surface area is 87.0 Å². The molecule has 0 aromatic heterocycles. The Morgan fingerprint density at radius 3 is 2.73 bits per heavy atom. The molecule has 0 aliphatic rings. The minimum Gasteiger partial charge on any atom is -0.505 e. The van der Waals surface area contributed by atoms with Gasteiger partial charge in [-0.25, -0.2) is 4.39 Å². The van der Waals surface area contributed by atoms with E-state index in [1.807, 2.05) is 0 Å². The van der Waals surface area contributed by atoms with Gasteiger partial charge in [0, 0.05) is 12.1 Å². The number of aliphatic hydroxyl groups excluding tert-OH is 2. The van der Waals surface area contributed by atoms with Crippen LogP contribution in [0.3, 0.4) is 0 Å². The lowest BCUT2D eigenvalue weighted by Gasteiger charge is -2.12. The van der Waals surface area contributed by atoms with Gasteiger partial charge in [0.1, 0.15) is 11.6 Å². The van der Waals surface area contributed by atoms with Gasteiger partial charge >= 0.3 is 0 Å². The van der Waals surface area contributed by atoms with Gasteiger partial charge < -0.3 is 20.6 Å². The topological polar surface area (TPSA) is 72.7 Å². The number of phenolic OH excluding ortho intramolecular Hbond substituents is 1. The van der Waals surface area contributed by atoms with Crippen molar-refractivity contribution in [1.29, 1.82) is 0 Å². The number of aromatic hydroxyl groups is 1. The average molecular weight is 215 g/mol. The first kappa shape index (κ1) is 11.7. The van der Waals surface area contributed by atoms with Gasteiger partial charge in [-0.2, -0.15) is 0 Å². The predicted octanol–water partition coefficient (Wildman–Crippen LogP) is 0.605. The summed E-state index contributed by atoms with van der Waals surface area (Å²) < 4.78 is 12.9. The normalized spacial score (nSPS) is 12.5. The molecule has 0 bridgehead atoms. The Bertz CT molecular complexity index is 344. The van der Waals surface area contributed by atoms with Gasteiger partial charge in [-0.05, 0) is 19.1 Å². The molecule has 0 saturated heterocycles. The number of benzene rings is 1. The SMILES string of the molecule is Cc1c(F)ccc(NCC(O)CO)c1O. The maximum atomic E-state index is 12.9. The average Bonchev–Trinajstić information content (AvgIpc) is 2.24. The van der Waals surface area contributed by atoms with Gasteiger partial charge in [0.2, 0.25) is 0 Å². The first-order valence-corrected chi connectivity index (χ1v) is 4.57. The molecular formula is C10H14FNO3. The highest BCUT2D eigenvalue weighted by atomic mass is 19.1. The number of halogens is 1. The van der Waals surface area contributed by atoms with Crippen LogP contribution in [0.1, 0.15) is 5.56 Å². The van der Waals surface area contributed by atoms with Gasteiger partial charge in [0.05, 0.1) is 18.4 Å². The van der Waals surface area contributed by atoms with E-state index in [0.717, 1.165) is 0 Å². The Balaban J connectivity index is 2.74. The summed E-state index contributed by atoms with van der Waals surface area (Å²) in [5.41, 5.74) is 0.486. The van der Waals surface area contributed by atoms with Gasteiger partial charge in [0.15, 0.2) is 0 Å². The van der Waals surface area contributed by atoms with E-state index in [9.17, 15) is 9.50 Å². The molecule has 0 spiro atoms. The fourth-order valence-corrected chi connectivity index (χ4v) is 1.11. The minimum atomic E-state index is -0.908. The summed E-state index contributed by atoms with van der Waals surface area (Å²) in [4.78, 5) is 0. The minimum absolute atomic E-state index is 0.0924. The van der Waals surface area contributed by atoms with Crippen LogP contribution in [0.2, 0.25) is 0 Å². The van der Waals surface area contributed by atoms with Crippen LogP contribution in [-0.2, 0) is 0 Å². The molecule has 0 saturated carbocycles. The third-order valence-corrected chi connectivity index (χ3v) is 2.10. The summed E-state index contributed by atoms with van der Waals surface area (Å²) in [5.74, 6) is -0.666. The molecule has 0 amide bonds. The largest absolute Gasteiger partial charge is 0.505 e. The summed E-state index contributed by atoms with van der Waals surface area (Å²) in [7, 11) is 0. The van der Waals surface area contributed by atoms with E-state index in [-0.39, 0.29) is 24.5 Å². The van der Waals surface area contributed by atoms with Crippen molar-refractivity contribution in [3.63, 3.8) is 0 Å². The molecule has 0 fully saturated rings. The summed E-state index contributed by atoms with van der Waals surface area (Å²) in [6, 6.07) is 2.60. The Hall–Kier alpha value is -1.33. The number of anilines is 1. The highest BCUT2D eigenvalue weighted by molar-refractivity contribution is 5.59. The fourth-order valence-electron chi connectivity index (χ4n) is 1.11. The van der Waals surface area contributed by atoms with Gasteiger partial charge in [-0.15, -0.1) is 0 Å². The molecule has 0 aliphatic heterocycles. The molecule has 1 aromatic carbocycles. The number of hydrogen-bond acceptors (Lipinski definition) is 4. The Kier molecular flexibility index (Phi) is 3.88. The smallest absolute Gasteiger partial charge is 0.144 e. The molecule has 1 atom stereocenters. The predicted molar refractivity (Wildman–Crippen MR) is 54.4 cm³/mol. The lowest BCUT2D eigenvalue weighted by atomic mass is 10.2. The van der Waals surface area contributed by atoms with E-state index in [1.54, 1.807) is 0 Å². The first-order chi connectivity index (χ1) is 7.06. The second-order valence-corrected chi connectivity index (χ2v) is 3.29. The van der Waals surface area contributed by atoms with Crippen molar-refractivity contribution in [3.8, 4) is 5.75 Å². The third kappa shape index (κ3) is 2.81. The van der Waals surface area contributed by atoms with E-state index in [2.05, 4.69) is 5.32 Å². The summed E-state index contributed by atoms with van der Waals surface area (Å²) >= 11 is 0. The molecule has 0 aliphatic carbocycles. The monoisotopic (exact) mass is 215 g/mol. The quantitative estimate of drug-likeness (QED) is 0.555. The number of rotatable bonds is 4.